The van der Waals surface area contributed by atoms with E-state index in [2.05, 4.69) is 22.9 Å². The Balaban J connectivity index is 1.99. The largest absolute Gasteiger partial charge is 0.320 e. The highest BCUT2D eigenvalue weighted by Crippen LogP contribution is 2.24. The predicted octanol–water partition coefficient (Wildman–Crippen LogP) is 4.43. The zero-order valence-corrected chi connectivity index (χ0v) is 12.5. The summed E-state index contributed by atoms with van der Waals surface area (Å²) in [5.74, 6) is -0.283. The van der Waals surface area contributed by atoms with Crippen LogP contribution in [-0.2, 0) is 0 Å². The molecule has 0 fully saturated rings. The second-order valence-corrected chi connectivity index (χ2v) is 5.42. The SMILES string of the molecule is O=C(Nc1cccc2cccnc12)c1cc(S)ccc1Cl. The molecule has 1 N–H and O–H groups in total. The topological polar surface area (TPSA) is 42.0 Å². The molecule has 0 unspecified atom stereocenters. The first-order valence-corrected chi connectivity index (χ1v) is 7.11. The van der Waals surface area contributed by atoms with Crippen LogP contribution in [-0.4, -0.2) is 10.9 Å². The Morgan fingerprint density at radius 3 is 2.81 bits per heavy atom. The number of anilines is 1. The number of carbonyl (C=O) groups is 1. The van der Waals surface area contributed by atoms with Crippen LogP contribution in [0, 0.1) is 0 Å². The minimum absolute atomic E-state index is 0.283. The summed E-state index contributed by atoms with van der Waals surface area (Å²) in [5.41, 5.74) is 1.78. The van der Waals surface area contributed by atoms with Crippen molar-refractivity contribution in [3.05, 3.63) is 65.3 Å². The second-order valence-electron chi connectivity index (χ2n) is 4.50. The van der Waals surface area contributed by atoms with Gasteiger partial charge in [-0.15, -0.1) is 12.6 Å². The van der Waals surface area contributed by atoms with E-state index in [0.29, 0.717) is 21.2 Å². The lowest BCUT2D eigenvalue weighted by Crippen LogP contribution is -2.13. The highest BCUT2D eigenvalue weighted by molar-refractivity contribution is 7.80. The van der Waals surface area contributed by atoms with Crippen molar-refractivity contribution in [1.29, 1.82) is 0 Å². The molecule has 0 aliphatic carbocycles. The molecular formula is C16H11ClN2OS. The number of fused-ring (bicyclic) bond motifs is 1. The smallest absolute Gasteiger partial charge is 0.257 e. The quantitative estimate of drug-likeness (QED) is 0.687. The molecule has 0 saturated heterocycles. The molecule has 0 aliphatic heterocycles. The monoisotopic (exact) mass is 314 g/mol. The zero-order valence-electron chi connectivity index (χ0n) is 10.9. The van der Waals surface area contributed by atoms with Crippen LogP contribution >= 0.6 is 24.2 Å². The summed E-state index contributed by atoms with van der Waals surface area (Å²) in [5, 5.41) is 4.20. The second kappa shape index (κ2) is 5.76. The lowest BCUT2D eigenvalue weighted by Gasteiger charge is -2.09. The number of thiol groups is 1. The number of para-hydroxylation sites is 1. The van der Waals surface area contributed by atoms with Crippen molar-refractivity contribution in [3.8, 4) is 0 Å². The molecule has 0 spiro atoms. The van der Waals surface area contributed by atoms with E-state index in [0.717, 1.165) is 10.9 Å². The third-order valence-corrected chi connectivity index (χ3v) is 3.68. The number of pyridine rings is 1. The van der Waals surface area contributed by atoms with E-state index in [-0.39, 0.29) is 5.91 Å². The Bertz CT molecular complexity index is 830. The van der Waals surface area contributed by atoms with E-state index >= 15 is 0 Å². The van der Waals surface area contributed by atoms with Crippen molar-refractivity contribution in [2.24, 2.45) is 0 Å². The predicted molar refractivity (Wildman–Crippen MR) is 88.4 cm³/mol. The van der Waals surface area contributed by atoms with Crippen LogP contribution in [0.3, 0.4) is 0 Å². The van der Waals surface area contributed by atoms with E-state index in [1.165, 1.54) is 0 Å². The van der Waals surface area contributed by atoms with Crippen molar-refractivity contribution in [2.45, 2.75) is 4.90 Å². The van der Waals surface area contributed by atoms with Crippen LogP contribution in [0.25, 0.3) is 10.9 Å². The summed E-state index contributed by atoms with van der Waals surface area (Å²) in [7, 11) is 0. The third-order valence-electron chi connectivity index (χ3n) is 3.08. The Morgan fingerprint density at radius 1 is 1.14 bits per heavy atom. The molecule has 3 aromatic rings. The number of aromatic nitrogens is 1. The molecule has 5 heteroatoms. The average molecular weight is 315 g/mol. The van der Waals surface area contributed by atoms with Crippen molar-refractivity contribution >= 4 is 46.7 Å². The van der Waals surface area contributed by atoms with Gasteiger partial charge in [-0.05, 0) is 30.3 Å². The first-order chi connectivity index (χ1) is 10.1. The molecule has 3 nitrogen and oxygen atoms in total. The van der Waals surface area contributed by atoms with Gasteiger partial charge >= 0.3 is 0 Å². The summed E-state index contributed by atoms with van der Waals surface area (Å²) in [6.07, 6.45) is 1.69. The molecule has 0 atom stereocenters. The maximum absolute atomic E-state index is 12.4. The Labute approximate surface area is 132 Å². The van der Waals surface area contributed by atoms with Gasteiger partial charge < -0.3 is 5.32 Å². The fraction of sp³-hybridized carbons (Fsp3) is 0. The maximum atomic E-state index is 12.4. The van der Waals surface area contributed by atoms with E-state index in [9.17, 15) is 4.79 Å². The minimum Gasteiger partial charge on any atom is -0.320 e. The van der Waals surface area contributed by atoms with Crippen molar-refractivity contribution in [3.63, 3.8) is 0 Å². The van der Waals surface area contributed by atoms with Gasteiger partial charge in [0.2, 0.25) is 0 Å². The molecule has 21 heavy (non-hydrogen) atoms. The normalized spacial score (nSPS) is 10.6. The van der Waals surface area contributed by atoms with Crippen LogP contribution < -0.4 is 5.32 Å². The van der Waals surface area contributed by atoms with E-state index < -0.39 is 0 Å². The van der Waals surface area contributed by atoms with Gasteiger partial charge in [-0.25, -0.2) is 0 Å². The maximum Gasteiger partial charge on any atom is 0.257 e. The van der Waals surface area contributed by atoms with Gasteiger partial charge in [0.15, 0.2) is 0 Å². The standard InChI is InChI=1S/C16H11ClN2OS/c17-13-7-6-11(21)9-12(13)16(20)19-14-5-1-3-10-4-2-8-18-15(10)14/h1-9,21H,(H,19,20). The Morgan fingerprint density at radius 2 is 1.95 bits per heavy atom. The number of carbonyl (C=O) groups excluding carboxylic acids is 1. The lowest BCUT2D eigenvalue weighted by molar-refractivity contribution is 0.102. The van der Waals surface area contributed by atoms with Crippen LogP contribution in [0.4, 0.5) is 5.69 Å². The molecule has 0 saturated carbocycles. The number of hydrogen-bond donors (Lipinski definition) is 2. The van der Waals surface area contributed by atoms with Crippen LogP contribution in [0.5, 0.6) is 0 Å². The number of benzene rings is 2. The van der Waals surface area contributed by atoms with Gasteiger partial charge in [-0.3, -0.25) is 9.78 Å². The van der Waals surface area contributed by atoms with Gasteiger partial charge in [0.1, 0.15) is 0 Å². The molecule has 0 aliphatic rings. The van der Waals surface area contributed by atoms with E-state index in [4.69, 9.17) is 11.6 Å². The van der Waals surface area contributed by atoms with Crippen molar-refractivity contribution < 1.29 is 4.79 Å². The molecule has 1 aromatic heterocycles. The fourth-order valence-electron chi connectivity index (χ4n) is 2.08. The zero-order chi connectivity index (χ0) is 14.8. The number of amides is 1. The fourth-order valence-corrected chi connectivity index (χ4v) is 2.49. The molecule has 1 amide bonds. The number of hydrogen-bond acceptors (Lipinski definition) is 3. The first-order valence-electron chi connectivity index (χ1n) is 6.29. The summed E-state index contributed by atoms with van der Waals surface area (Å²) in [6, 6.07) is 14.5. The summed E-state index contributed by atoms with van der Waals surface area (Å²) < 4.78 is 0. The van der Waals surface area contributed by atoms with Gasteiger partial charge in [0.25, 0.3) is 5.91 Å². The first kappa shape index (κ1) is 13.9. The summed E-state index contributed by atoms with van der Waals surface area (Å²) in [6.45, 7) is 0. The molecule has 3 rings (SSSR count). The van der Waals surface area contributed by atoms with Gasteiger partial charge in [0, 0.05) is 16.5 Å². The van der Waals surface area contributed by atoms with Crippen molar-refractivity contribution in [2.75, 3.05) is 5.32 Å². The molecule has 0 radical (unpaired) electrons. The number of halogens is 1. The minimum atomic E-state index is -0.283. The molecule has 2 aromatic carbocycles. The van der Waals surface area contributed by atoms with Crippen LogP contribution in [0.1, 0.15) is 10.4 Å². The van der Waals surface area contributed by atoms with Crippen LogP contribution in [0.2, 0.25) is 5.02 Å². The molecule has 0 bridgehead atoms. The molecule has 1 heterocycles. The highest BCUT2D eigenvalue weighted by Gasteiger charge is 2.12. The van der Waals surface area contributed by atoms with Crippen molar-refractivity contribution in [1.82, 2.24) is 4.98 Å². The lowest BCUT2D eigenvalue weighted by atomic mass is 10.1. The molecule has 104 valence electrons. The highest BCUT2D eigenvalue weighted by atomic mass is 35.5. The van der Waals surface area contributed by atoms with Gasteiger partial charge in [-0.2, -0.15) is 0 Å². The van der Waals surface area contributed by atoms with Gasteiger partial charge in [-0.1, -0.05) is 29.8 Å². The number of nitrogens with one attached hydrogen (secondary N) is 1. The number of nitrogens with zero attached hydrogens (tertiary/aromatic N) is 1. The van der Waals surface area contributed by atoms with E-state index in [1.54, 1.807) is 24.4 Å². The Kier molecular flexibility index (Phi) is 3.82. The van der Waals surface area contributed by atoms with Crippen LogP contribution in [0.15, 0.2) is 59.6 Å². The Hall–Kier alpha value is -2.04. The molecular weight excluding hydrogens is 304 g/mol. The average Bonchev–Trinajstić information content (AvgIpc) is 2.50. The van der Waals surface area contributed by atoms with Gasteiger partial charge in [0.05, 0.1) is 21.8 Å². The summed E-state index contributed by atoms with van der Waals surface area (Å²) >= 11 is 10.3. The number of rotatable bonds is 2. The summed E-state index contributed by atoms with van der Waals surface area (Å²) in [4.78, 5) is 17.4. The third kappa shape index (κ3) is 2.86. The van der Waals surface area contributed by atoms with E-state index in [1.807, 2.05) is 30.3 Å².